The van der Waals surface area contributed by atoms with Crippen molar-refractivity contribution in [2.75, 3.05) is 13.1 Å². The summed E-state index contributed by atoms with van der Waals surface area (Å²) in [6.45, 7) is 0.420. The van der Waals surface area contributed by atoms with Crippen molar-refractivity contribution in [1.82, 2.24) is 31.9 Å². The lowest BCUT2D eigenvalue weighted by molar-refractivity contribution is -0.133. The molecular formula is C41H55N9O7. The second-order valence-corrected chi connectivity index (χ2v) is 14.6. The van der Waals surface area contributed by atoms with Crippen LogP contribution in [0, 0.1) is 11.3 Å². The third-order valence-electron chi connectivity index (χ3n) is 10.1. The van der Waals surface area contributed by atoms with Gasteiger partial charge in [-0.05, 0) is 50.0 Å². The number of guanidine groups is 1. The minimum atomic E-state index is -1.15. The molecule has 57 heavy (non-hydrogen) atoms. The minimum Gasteiger partial charge on any atom is -0.370 e. The number of carbonyl (C=O) groups is 7. The molecule has 2 aliphatic rings. The SMILES string of the molecule is N=C(N)NCCCC1NC(=O)C=CC(=O)NC(C(N)=O)CCCCNC(=O)[C@@H](Cc2ccc(C(=O)c3ccccc3)cc2)NC(=O)C(CC2CCCCC2)NC1=O. The highest BCUT2D eigenvalue weighted by Gasteiger charge is 2.32. The van der Waals surface area contributed by atoms with Crippen LogP contribution in [0.4, 0.5) is 0 Å². The topological polar surface area (TPSA) is 268 Å². The fraction of sp³-hybridized carbons (Fsp3) is 0.463. The van der Waals surface area contributed by atoms with Crippen molar-refractivity contribution in [2.24, 2.45) is 17.4 Å². The Morgan fingerprint density at radius 1 is 0.684 bits per heavy atom. The third kappa shape index (κ3) is 14.8. The van der Waals surface area contributed by atoms with Crippen molar-refractivity contribution in [3.63, 3.8) is 0 Å². The predicted octanol–water partition coefficient (Wildman–Crippen LogP) is 0.975. The van der Waals surface area contributed by atoms with Crippen LogP contribution in [0.2, 0.25) is 0 Å². The van der Waals surface area contributed by atoms with Gasteiger partial charge in [0.15, 0.2) is 11.7 Å². The number of carbonyl (C=O) groups excluding carboxylic acids is 7. The molecular weight excluding hydrogens is 731 g/mol. The van der Waals surface area contributed by atoms with E-state index in [9.17, 15) is 33.6 Å². The molecule has 2 aromatic carbocycles. The lowest BCUT2D eigenvalue weighted by Gasteiger charge is -2.29. The first-order valence-corrected chi connectivity index (χ1v) is 19.6. The summed E-state index contributed by atoms with van der Waals surface area (Å²) in [6.07, 6.45) is 8.46. The lowest BCUT2D eigenvalue weighted by atomic mass is 9.84. The Morgan fingerprint density at radius 3 is 1.96 bits per heavy atom. The number of nitrogens with one attached hydrogen (secondary N) is 7. The quantitative estimate of drug-likeness (QED) is 0.0679. The van der Waals surface area contributed by atoms with Gasteiger partial charge < -0.3 is 43.4 Å². The standard InChI is InChI=1S/C41H55N9O7/c42-37(54)30-14-7-8-22-45-38(55)32(25-27-16-18-29(19-17-27)36(53)28-12-5-2-6-13-28)49-40(57)33(24-26-10-3-1-4-11-26)50-39(56)31(15-9-23-46-41(43)44)48-35(52)21-20-34(51)47-30/h2,5-6,12-13,16-21,26,30-33H,1,3-4,7-11,14-15,22-25H2,(H2,42,54)(H,45,55)(H,47,51)(H,48,52)(H,49,57)(H,50,56)(H4,43,44,46)/t30?,31?,32-,33?/m1/s1. The fourth-order valence-corrected chi connectivity index (χ4v) is 7.01. The molecule has 0 aromatic heterocycles. The van der Waals surface area contributed by atoms with Crippen LogP contribution >= 0.6 is 0 Å². The highest BCUT2D eigenvalue weighted by atomic mass is 16.2. The maximum absolute atomic E-state index is 14.2. The molecule has 4 rings (SSSR count). The molecule has 1 aliphatic heterocycles. The number of hydrogen-bond donors (Lipinski definition) is 9. The second-order valence-electron chi connectivity index (χ2n) is 14.6. The smallest absolute Gasteiger partial charge is 0.244 e. The lowest BCUT2D eigenvalue weighted by Crippen LogP contribution is -2.57. The highest BCUT2D eigenvalue weighted by Crippen LogP contribution is 2.27. The molecule has 1 fully saturated rings. The van der Waals surface area contributed by atoms with E-state index in [2.05, 4.69) is 31.9 Å². The van der Waals surface area contributed by atoms with Gasteiger partial charge in [0.1, 0.15) is 24.2 Å². The largest absolute Gasteiger partial charge is 0.370 e. The summed E-state index contributed by atoms with van der Waals surface area (Å²) in [5.74, 6) is -4.25. The molecule has 1 saturated carbocycles. The van der Waals surface area contributed by atoms with E-state index in [-0.39, 0.29) is 50.0 Å². The highest BCUT2D eigenvalue weighted by molar-refractivity contribution is 6.09. The van der Waals surface area contributed by atoms with Gasteiger partial charge in [-0.3, -0.25) is 39.0 Å². The third-order valence-corrected chi connectivity index (χ3v) is 10.1. The summed E-state index contributed by atoms with van der Waals surface area (Å²) in [5.41, 5.74) is 12.6. The van der Waals surface area contributed by atoms with Crippen molar-refractivity contribution < 1.29 is 33.6 Å². The molecule has 11 N–H and O–H groups in total. The van der Waals surface area contributed by atoms with Gasteiger partial charge in [0.2, 0.25) is 35.4 Å². The van der Waals surface area contributed by atoms with E-state index in [4.69, 9.17) is 16.9 Å². The molecule has 0 bridgehead atoms. The van der Waals surface area contributed by atoms with Crippen LogP contribution in [-0.4, -0.2) is 84.4 Å². The van der Waals surface area contributed by atoms with E-state index in [0.29, 0.717) is 42.4 Å². The first kappa shape index (κ1) is 43.7. The molecule has 2 aromatic rings. The van der Waals surface area contributed by atoms with Crippen LogP contribution in [0.5, 0.6) is 0 Å². The molecule has 0 radical (unpaired) electrons. The Labute approximate surface area is 332 Å². The van der Waals surface area contributed by atoms with E-state index < -0.39 is 59.6 Å². The fourth-order valence-electron chi connectivity index (χ4n) is 7.01. The molecule has 16 nitrogen and oxygen atoms in total. The Morgan fingerprint density at radius 2 is 1.30 bits per heavy atom. The summed E-state index contributed by atoms with van der Waals surface area (Å²) in [5, 5.41) is 23.8. The van der Waals surface area contributed by atoms with Crippen molar-refractivity contribution >= 4 is 47.2 Å². The van der Waals surface area contributed by atoms with Gasteiger partial charge in [-0.25, -0.2) is 0 Å². The van der Waals surface area contributed by atoms with Crippen LogP contribution in [0.15, 0.2) is 66.7 Å². The van der Waals surface area contributed by atoms with E-state index in [1.807, 2.05) is 6.07 Å². The van der Waals surface area contributed by atoms with Crippen molar-refractivity contribution in [3.05, 3.63) is 83.4 Å². The van der Waals surface area contributed by atoms with E-state index in [1.54, 1.807) is 48.5 Å². The van der Waals surface area contributed by atoms with E-state index in [1.165, 1.54) is 0 Å². The number of primary amides is 1. The number of nitrogens with two attached hydrogens (primary N) is 2. The molecule has 16 heteroatoms. The monoisotopic (exact) mass is 785 g/mol. The van der Waals surface area contributed by atoms with Crippen LogP contribution in [-0.2, 0) is 35.2 Å². The van der Waals surface area contributed by atoms with Crippen LogP contribution in [0.25, 0.3) is 0 Å². The zero-order valence-electron chi connectivity index (χ0n) is 32.1. The maximum Gasteiger partial charge on any atom is 0.244 e. The summed E-state index contributed by atoms with van der Waals surface area (Å²) in [4.78, 5) is 92.7. The Bertz CT molecular complexity index is 1760. The molecule has 4 atom stereocenters. The summed E-state index contributed by atoms with van der Waals surface area (Å²) >= 11 is 0. The zero-order chi connectivity index (χ0) is 41.2. The van der Waals surface area contributed by atoms with Gasteiger partial charge in [0, 0.05) is 42.8 Å². The van der Waals surface area contributed by atoms with E-state index >= 15 is 0 Å². The van der Waals surface area contributed by atoms with Gasteiger partial charge >= 0.3 is 0 Å². The molecule has 0 saturated heterocycles. The van der Waals surface area contributed by atoms with Gasteiger partial charge in [-0.2, -0.15) is 0 Å². The molecule has 306 valence electrons. The normalized spacial score (nSPS) is 22.1. The second kappa shape index (κ2) is 22.5. The van der Waals surface area contributed by atoms with Gasteiger partial charge in [-0.15, -0.1) is 0 Å². The molecule has 6 amide bonds. The molecule has 1 aliphatic carbocycles. The van der Waals surface area contributed by atoms with Crippen molar-refractivity contribution in [3.8, 4) is 0 Å². The number of amides is 6. The number of ketones is 1. The van der Waals surface area contributed by atoms with Crippen molar-refractivity contribution in [2.45, 2.75) is 101 Å². The van der Waals surface area contributed by atoms with Gasteiger partial charge in [0.05, 0.1) is 0 Å². The first-order valence-electron chi connectivity index (χ1n) is 19.6. The van der Waals surface area contributed by atoms with Crippen LogP contribution in [0.1, 0.15) is 92.1 Å². The van der Waals surface area contributed by atoms with Crippen molar-refractivity contribution in [1.29, 1.82) is 5.41 Å². The summed E-state index contributed by atoms with van der Waals surface area (Å²) in [6, 6.07) is 11.3. The van der Waals surface area contributed by atoms with Gasteiger partial charge in [-0.1, -0.05) is 86.7 Å². The average molecular weight is 786 g/mol. The molecule has 0 spiro atoms. The Kier molecular flexibility index (Phi) is 17.2. The van der Waals surface area contributed by atoms with E-state index in [0.717, 1.165) is 44.3 Å². The average Bonchev–Trinajstić information content (AvgIpc) is 3.20. The number of benzene rings is 2. The Balaban J connectivity index is 1.62. The number of hydrogen-bond acceptors (Lipinski definition) is 8. The summed E-state index contributed by atoms with van der Waals surface area (Å²) in [7, 11) is 0. The first-order chi connectivity index (χ1) is 27.4. The number of rotatable bonds is 11. The maximum atomic E-state index is 14.2. The van der Waals surface area contributed by atoms with Crippen LogP contribution < -0.4 is 43.4 Å². The van der Waals surface area contributed by atoms with Gasteiger partial charge in [0.25, 0.3) is 0 Å². The van der Waals surface area contributed by atoms with Crippen LogP contribution in [0.3, 0.4) is 0 Å². The minimum absolute atomic E-state index is 0.0748. The molecule has 1 heterocycles. The molecule has 3 unspecified atom stereocenters. The predicted molar refractivity (Wildman–Crippen MR) is 213 cm³/mol. The Hall–Kier alpha value is -6.06. The zero-order valence-corrected chi connectivity index (χ0v) is 32.1. The summed E-state index contributed by atoms with van der Waals surface area (Å²) < 4.78 is 0.